The first-order valence-electron chi connectivity index (χ1n) is 9.53. The van der Waals surface area contributed by atoms with Gasteiger partial charge < -0.3 is 19.3 Å². The quantitative estimate of drug-likeness (QED) is 0.789. The monoisotopic (exact) mass is 356 g/mol. The number of amides is 2. The van der Waals surface area contributed by atoms with Crippen molar-refractivity contribution in [3.8, 4) is 0 Å². The topological polar surface area (TPSA) is 59.1 Å². The van der Waals surface area contributed by atoms with Crippen molar-refractivity contribution in [2.45, 2.75) is 25.4 Å². The summed E-state index contributed by atoms with van der Waals surface area (Å²) in [4.78, 5) is 29.1. The van der Waals surface area contributed by atoms with E-state index in [9.17, 15) is 9.59 Å². The standard InChI is InChI=1S/C20H24N2O4/c23-18(16-4-2-14-1-3-15(14)9-16)21-6-5-20(11-21)12-22(13-20)19(24)17-10-25-7-8-26-17/h2,4,9,17H,1,3,5-8,10-13H2. The lowest BCUT2D eigenvalue weighted by Gasteiger charge is -2.49. The van der Waals surface area contributed by atoms with Gasteiger partial charge in [-0.3, -0.25) is 9.59 Å². The van der Waals surface area contributed by atoms with Crippen LogP contribution in [0.2, 0.25) is 0 Å². The fraction of sp³-hybridized carbons (Fsp3) is 0.600. The zero-order chi connectivity index (χ0) is 17.7. The maximum Gasteiger partial charge on any atom is 0.254 e. The highest BCUT2D eigenvalue weighted by Crippen LogP contribution is 2.40. The molecule has 1 atom stereocenters. The number of likely N-dealkylation sites (tertiary alicyclic amines) is 2. The number of benzene rings is 1. The Morgan fingerprint density at radius 2 is 1.85 bits per heavy atom. The molecule has 0 N–H and O–H groups in total. The number of carbonyl (C=O) groups excluding carboxylic acids is 2. The lowest BCUT2D eigenvalue weighted by Crippen LogP contribution is -2.62. The molecule has 1 unspecified atom stereocenters. The van der Waals surface area contributed by atoms with Crippen LogP contribution in [-0.4, -0.2) is 73.7 Å². The second kappa shape index (κ2) is 6.06. The lowest BCUT2D eigenvalue weighted by atomic mass is 9.78. The summed E-state index contributed by atoms with van der Waals surface area (Å²) in [5.74, 6) is 0.160. The molecule has 1 aromatic carbocycles. The van der Waals surface area contributed by atoms with E-state index in [1.165, 1.54) is 11.1 Å². The van der Waals surface area contributed by atoms with Crippen molar-refractivity contribution < 1.29 is 19.1 Å². The van der Waals surface area contributed by atoms with Gasteiger partial charge in [0.25, 0.3) is 11.8 Å². The molecule has 0 aromatic heterocycles. The van der Waals surface area contributed by atoms with Crippen molar-refractivity contribution in [1.29, 1.82) is 0 Å². The van der Waals surface area contributed by atoms with Crippen LogP contribution in [0, 0.1) is 5.41 Å². The van der Waals surface area contributed by atoms with Gasteiger partial charge in [-0.05, 0) is 42.5 Å². The summed E-state index contributed by atoms with van der Waals surface area (Å²) in [6, 6.07) is 6.11. The van der Waals surface area contributed by atoms with Gasteiger partial charge in [0, 0.05) is 37.2 Å². The molecule has 4 aliphatic rings. The molecule has 0 saturated carbocycles. The zero-order valence-corrected chi connectivity index (χ0v) is 14.9. The van der Waals surface area contributed by atoms with Crippen molar-refractivity contribution >= 4 is 11.8 Å². The molecule has 0 bridgehead atoms. The third kappa shape index (κ3) is 2.63. The second-order valence-electron chi connectivity index (χ2n) is 8.09. The molecule has 138 valence electrons. The maximum absolute atomic E-state index is 12.8. The number of aryl methyl sites for hydroxylation is 2. The first kappa shape index (κ1) is 16.3. The number of hydrogen-bond donors (Lipinski definition) is 0. The van der Waals surface area contributed by atoms with Crippen LogP contribution in [0.1, 0.15) is 27.9 Å². The normalized spacial score (nSPS) is 26.2. The summed E-state index contributed by atoms with van der Waals surface area (Å²) in [5, 5.41) is 0. The second-order valence-corrected chi connectivity index (χ2v) is 8.09. The van der Waals surface area contributed by atoms with Crippen molar-refractivity contribution in [3.63, 3.8) is 0 Å². The predicted molar refractivity (Wildman–Crippen MR) is 93.9 cm³/mol. The van der Waals surface area contributed by atoms with Gasteiger partial charge in [0.1, 0.15) is 0 Å². The Balaban J connectivity index is 1.19. The Hall–Kier alpha value is -1.92. The zero-order valence-electron chi connectivity index (χ0n) is 14.9. The maximum atomic E-state index is 12.8. The molecule has 0 radical (unpaired) electrons. The fourth-order valence-corrected chi connectivity index (χ4v) is 4.63. The van der Waals surface area contributed by atoms with E-state index < -0.39 is 6.10 Å². The van der Waals surface area contributed by atoms with Crippen molar-refractivity contribution in [2.75, 3.05) is 46.0 Å². The Kier molecular flexibility index (Phi) is 3.79. The summed E-state index contributed by atoms with van der Waals surface area (Å²) in [6.45, 7) is 4.37. The molecule has 5 rings (SSSR count). The van der Waals surface area contributed by atoms with Crippen LogP contribution >= 0.6 is 0 Å². The number of carbonyl (C=O) groups is 2. The number of ether oxygens (including phenoxy) is 2. The van der Waals surface area contributed by atoms with Gasteiger partial charge in [-0.1, -0.05) is 6.07 Å². The molecule has 6 nitrogen and oxygen atoms in total. The van der Waals surface area contributed by atoms with E-state index in [1.54, 1.807) is 0 Å². The number of hydrogen-bond acceptors (Lipinski definition) is 4. The average molecular weight is 356 g/mol. The predicted octanol–water partition coefficient (Wildman–Crippen LogP) is 0.875. The van der Waals surface area contributed by atoms with E-state index in [0.717, 1.165) is 51.0 Å². The highest BCUT2D eigenvalue weighted by molar-refractivity contribution is 5.95. The molecule has 26 heavy (non-hydrogen) atoms. The summed E-state index contributed by atoms with van der Waals surface area (Å²) < 4.78 is 10.8. The van der Waals surface area contributed by atoms with Crippen LogP contribution in [0.25, 0.3) is 0 Å². The van der Waals surface area contributed by atoms with Crippen LogP contribution in [-0.2, 0) is 27.1 Å². The van der Waals surface area contributed by atoms with Gasteiger partial charge in [0.15, 0.2) is 6.10 Å². The summed E-state index contributed by atoms with van der Waals surface area (Å²) in [5.41, 5.74) is 3.57. The van der Waals surface area contributed by atoms with E-state index in [2.05, 4.69) is 12.1 Å². The van der Waals surface area contributed by atoms with Crippen molar-refractivity contribution in [1.82, 2.24) is 9.80 Å². The molecule has 3 heterocycles. The minimum atomic E-state index is -0.456. The van der Waals surface area contributed by atoms with Crippen molar-refractivity contribution in [3.05, 3.63) is 34.9 Å². The van der Waals surface area contributed by atoms with E-state index in [4.69, 9.17) is 9.47 Å². The first-order valence-corrected chi connectivity index (χ1v) is 9.53. The van der Waals surface area contributed by atoms with Crippen LogP contribution in [0.5, 0.6) is 0 Å². The largest absolute Gasteiger partial charge is 0.376 e. The van der Waals surface area contributed by atoms with E-state index in [1.807, 2.05) is 15.9 Å². The van der Waals surface area contributed by atoms with Gasteiger partial charge in [-0.2, -0.15) is 0 Å². The molecular weight excluding hydrogens is 332 g/mol. The molecule has 1 aromatic rings. The molecule has 1 aliphatic carbocycles. The van der Waals surface area contributed by atoms with Crippen LogP contribution in [0.4, 0.5) is 0 Å². The minimum Gasteiger partial charge on any atom is -0.376 e. The van der Waals surface area contributed by atoms with Gasteiger partial charge >= 0.3 is 0 Å². The highest BCUT2D eigenvalue weighted by atomic mass is 16.6. The summed E-state index contributed by atoms with van der Waals surface area (Å²) >= 11 is 0. The van der Waals surface area contributed by atoms with Crippen molar-refractivity contribution in [2.24, 2.45) is 5.41 Å². The lowest BCUT2D eigenvalue weighted by molar-refractivity contribution is -0.168. The smallest absolute Gasteiger partial charge is 0.254 e. The van der Waals surface area contributed by atoms with Crippen LogP contribution in [0.3, 0.4) is 0 Å². The van der Waals surface area contributed by atoms with E-state index in [0.29, 0.717) is 19.8 Å². The van der Waals surface area contributed by atoms with Crippen LogP contribution < -0.4 is 0 Å². The summed E-state index contributed by atoms with van der Waals surface area (Å²) in [7, 11) is 0. The molecule has 3 fully saturated rings. The Bertz CT molecular complexity index is 750. The number of rotatable bonds is 2. The van der Waals surface area contributed by atoms with Gasteiger partial charge in [-0.15, -0.1) is 0 Å². The van der Waals surface area contributed by atoms with Gasteiger partial charge in [-0.25, -0.2) is 0 Å². The Morgan fingerprint density at radius 3 is 2.54 bits per heavy atom. The summed E-state index contributed by atoms with van der Waals surface area (Å²) in [6.07, 6.45) is 2.73. The molecule has 3 aliphatic heterocycles. The third-order valence-electron chi connectivity index (χ3n) is 6.30. The van der Waals surface area contributed by atoms with E-state index >= 15 is 0 Å². The van der Waals surface area contributed by atoms with Gasteiger partial charge in [0.05, 0.1) is 19.8 Å². The van der Waals surface area contributed by atoms with Gasteiger partial charge in [0.2, 0.25) is 0 Å². The molecule has 1 spiro atoms. The molecular formula is C20H24N2O4. The Labute approximate surface area is 153 Å². The first-order chi connectivity index (χ1) is 12.6. The molecule has 6 heteroatoms. The number of fused-ring (bicyclic) bond motifs is 1. The van der Waals surface area contributed by atoms with Crippen LogP contribution in [0.15, 0.2) is 18.2 Å². The fourth-order valence-electron chi connectivity index (χ4n) is 4.63. The Morgan fingerprint density at radius 1 is 1.04 bits per heavy atom. The third-order valence-corrected chi connectivity index (χ3v) is 6.30. The van der Waals surface area contributed by atoms with E-state index in [-0.39, 0.29) is 17.2 Å². The molecule has 3 saturated heterocycles. The molecule has 2 amide bonds. The SMILES string of the molecule is O=C(c1ccc2c(c1)CC2)N1CCC2(C1)CN(C(=O)C1COCCO1)C2. The minimum absolute atomic E-state index is 0.0301. The number of nitrogens with zero attached hydrogens (tertiary/aromatic N) is 2. The highest BCUT2D eigenvalue weighted by Gasteiger charge is 2.51. The average Bonchev–Trinajstić information content (AvgIpc) is 3.07.